The first-order chi connectivity index (χ1) is 7.05. The van der Waals surface area contributed by atoms with Crippen LogP contribution in [0.5, 0.6) is 0 Å². The standard InChI is InChI=1S/C12H16ClNO/c1-12(15)6-7-14(9-12)8-10-2-4-11(13)5-3-10/h2-5,15H,6-9H2,1H3. The Hall–Kier alpha value is -0.570. The van der Waals surface area contributed by atoms with Crippen LogP contribution in [0.2, 0.25) is 5.02 Å². The largest absolute Gasteiger partial charge is 0.389 e. The monoisotopic (exact) mass is 225 g/mol. The molecular weight excluding hydrogens is 210 g/mol. The minimum Gasteiger partial charge on any atom is -0.389 e. The maximum Gasteiger partial charge on any atom is 0.0758 e. The Morgan fingerprint density at radius 3 is 2.60 bits per heavy atom. The van der Waals surface area contributed by atoms with E-state index in [2.05, 4.69) is 4.90 Å². The highest BCUT2D eigenvalue weighted by Gasteiger charge is 2.30. The van der Waals surface area contributed by atoms with Gasteiger partial charge in [-0.2, -0.15) is 0 Å². The Morgan fingerprint density at radius 1 is 1.40 bits per heavy atom. The maximum absolute atomic E-state index is 9.82. The molecule has 1 saturated heterocycles. The van der Waals surface area contributed by atoms with E-state index in [1.165, 1.54) is 5.56 Å². The molecule has 0 spiro atoms. The molecule has 15 heavy (non-hydrogen) atoms. The number of aliphatic hydroxyl groups is 1. The topological polar surface area (TPSA) is 23.5 Å². The van der Waals surface area contributed by atoms with Crippen LogP contribution < -0.4 is 0 Å². The van der Waals surface area contributed by atoms with Crippen LogP contribution in [0.15, 0.2) is 24.3 Å². The van der Waals surface area contributed by atoms with Crippen molar-refractivity contribution in [2.45, 2.75) is 25.5 Å². The van der Waals surface area contributed by atoms with E-state index in [4.69, 9.17) is 11.6 Å². The number of hydrogen-bond donors (Lipinski definition) is 1. The molecule has 2 rings (SSSR count). The molecule has 0 amide bonds. The van der Waals surface area contributed by atoms with Gasteiger partial charge in [0.2, 0.25) is 0 Å². The summed E-state index contributed by atoms with van der Waals surface area (Å²) in [6.07, 6.45) is 0.862. The van der Waals surface area contributed by atoms with Crippen molar-refractivity contribution in [2.75, 3.05) is 13.1 Å². The fraction of sp³-hybridized carbons (Fsp3) is 0.500. The summed E-state index contributed by atoms with van der Waals surface area (Å²) in [7, 11) is 0. The third-order valence-corrected chi connectivity index (χ3v) is 3.10. The molecule has 3 heteroatoms. The van der Waals surface area contributed by atoms with E-state index in [0.717, 1.165) is 31.1 Å². The number of halogens is 1. The van der Waals surface area contributed by atoms with E-state index in [1.807, 2.05) is 31.2 Å². The number of rotatable bonds is 2. The first-order valence-corrected chi connectivity index (χ1v) is 5.62. The van der Waals surface area contributed by atoms with Crippen LogP contribution >= 0.6 is 11.6 Å². The van der Waals surface area contributed by atoms with E-state index >= 15 is 0 Å². The maximum atomic E-state index is 9.82. The second-order valence-corrected chi connectivity index (χ2v) is 5.02. The van der Waals surface area contributed by atoms with Gasteiger partial charge >= 0.3 is 0 Å². The Labute approximate surface area is 95.5 Å². The van der Waals surface area contributed by atoms with E-state index in [9.17, 15) is 5.11 Å². The fourth-order valence-electron chi connectivity index (χ4n) is 2.02. The highest BCUT2D eigenvalue weighted by molar-refractivity contribution is 6.30. The number of β-amino-alcohol motifs (C(OH)–C–C–N with tert-alkyl or cyclic N) is 1. The quantitative estimate of drug-likeness (QED) is 0.835. The highest BCUT2D eigenvalue weighted by Crippen LogP contribution is 2.22. The average Bonchev–Trinajstić information content (AvgIpc) is 2.50. The summed E-state index contributed by atoms with van der Waals surface area (Å²) in [4.78, 5) is 2.27. The minimum atomic E-state index is -0.508. The van der Waals surface area contributed by atoms with E-state index in [1.54, 1.807) is 0 Å². The van der Waals surface area contributed by atoms with Gasteiger partial charge in [0.25, 0.3) is 0 Å². The Balaban J connectivity index is 1.96. The zero-order valence-electron chi connectivity index (χ0n) is 8.91. The predicted octanol–water partition coefficient (Wildman–Crippen LogP) is 2.30. The lowest BCUT2D eigenvalue weighted by Crippen LogP contribution is -2.29. The zero-order valence-corrected chi connectivity index (χ0v) is 9.67. The Morgan fingerprint density at radius 2 is 2.07 bits per heavy atom. The number of benzene rings is 1. The van der Waals surface area contributed by atoms with E-state index < -0.39 is 5.60 Å². The van der Waals surface area contributed by atoms with Gasteiger partial charge in [0.1, 0.15) is 0 Å². The molecule has 1 N–H and O–H groups in total. The molecule has 0 saturated carbocycles. The third-order valence-electron chi connectivity index (χ3n) is 2.85. The van der Waals surface area contributed by atoms with Gasteiger partial charge in [-0.1, -0.05) is 23.7 Å². The molecule has 1 aliphatic rings. The van der Waals surface area contributed by atoms with Gasteiger partial charge < -0.3 is 5.11 Å². The van der Waals surface area contributed by atoms with Crippen molar-refractivity contribution in [3.63, 3.8) is 0 Å². The Bertz CT molecular complexity index is 334. The summed E-state index contributed by atoms with van der Waals surface area (Å²) >= 11 is 5.82. The van der Waals surface area contributed by atoms with Gasteiger partial charge in [0.15, 0.2) is 0 Å². The van der Waals surface area contributed by atoms with Gasteiger partial charge in [-0.15, -0.1) is 0 Å². The first-order valence-electron chi connectivity index (χ1n) is 5.24. The second kappa shape index (κ2) is 4.12. The molecule has 0 aliphatic carbocycles. The van der Waals surface area contributed by atoms with Gasteiger partial charge in [-0.3, -0.25) is 4.90 Å². The molecule has 1 heterocycles. The number of likely N-dealkylation sites (tertiary alicyclic amines) is 1. The van der Waals surface area contributed by atoms with Crippen molar-refractivity contribution < 1.29 is 5.11 Å². The molecular formula is C12H16ClNO. The van der Waals surface area contributed by atoms with Crippen molar-refractivity contribution in [2.24, 2.45) is 0 Å². The van der Waals surface area contributed by atoms with Crippen molar-refractivity contribution in [1.82, 2.24) is 4.90 Å². The molecule has 1 aromatic rings. The zero-order chi connectivity index (χ0) is 10.9. The summed E-state index contributed by atoms with van der Waals surface area (Å²) in [5.74, 6) is 0. The molecule has 0 aromatic heterocycles. The molecule has 1 unspecified atom stereocenters. The van der Waals surface area contributed by atoms with Crippen LogP contribution in [0.25, 0.3) is 0 Å². The van der Waals surface area contributed by atoms with Gasteiger partial charge in [0, 0.05) is 24.7 Å². The molecule has 2 nitrogen and oxygen atoms in total. The number of nitrogens with zero attached hydrogens (tertiary/aromatic N) is 1. The Kier molecular flexibility index (Phi) is 3.01. The van der Waals surface area contributed by atoms with Crippen molar-refractivity contribution >= 4 is 11.6 Å². The molecule has 1 aliphatic heterocycles. The van der Waals surface area contributed by atoms with Crippen LogP contribution in [0.4, 0.5) is 0 Å². The summed E-state index contributed by atoms with van der Waals surface area (Å²) < 4.78 is 0. The SMILES string of the molecule is CC1(O)CCN(Cc2ccc(Cl)cc2)C1. The molecule has 1 fully saturated rings. The highest BCUT2D eigenvalue weighted by atomic mass is 35.5. The predicted molar refractivity (Wildman–Crippen MR) is 62.0 cm³/mol. The lowest BCUT2D eigenvalue weighted by Gasteiger charge is -2.18. The molecule has 0 bridgehead atoms. The second-order valence-electron chi connectivity index (χ2n) is 4.58. The minimum absolute atomic E-state index is 0.508. The van der Waals surface area contributed by atoms with Gasteiger partial charge in [0.05, 0.1) is 5.60 Å². The smallest absolute Gasteiger partial charge is 0.0758 e. The normalized spacial score (nSPS) is 27.1. The van der Waals surface area contributed by atoms with Crippen LogP contribution in [0.3, 0.4) is 0 Å². The van der Waals surface area contributed by atoms with Crippen molar-refractivity contribution in [3.05, 3.63) is 34.9 Å². The fourth-order valence-corrected chi connectivity index (χ4v) is 2.15. The average molecular weight is 226 g/mol. The number of hydrogen-bond acceptors (Lipinski definition) is 2. The van der Waals surface area contributed by atoms with Gasteiger partial charge in [-0.25, -0.2) is 0 Å². The molecule has 0 radical (unpaired) electrons. The van der Waals surface area contributed by atoms with Crippen LogP contribution in [-0.4, -0.2) is 28.7 Å². The van der Waals surface area contributed by atoms with Crippen molar-refractivity contribution in [3.8, 4) is 0 Å². The van der Waals surface area contributed by atoms with Crippen LogP contribution in [0, 0.1) is 0 Å². The van der Waals surface area contributed by atoms with Crippen LogP contribution in [-0.2, 0) is 6.54 Å². The van der Waals surface area contributed by atoms with Crippen molar-refractivity contribution in [1.29, 1.82) is 0 Å². The first kappa shape index (κ1) is 10.9. The molecule has 82 valence electrons. The summed E-state index contributed by atoms with van der Waals surface area (Å²) in [6.45, 7) is 4.52. The van der Waals surface area contributed by atoms with E-state index in [-0.39, 0.29) is 0 Å². The lowest BCUT2D eigenvalue weighted by molar-refractivity contribution is 0.0679. The molecule has 1 aromatic carbocycles. The van der Waals surface area contributed by atoms with Gasteiger partial charge in [-0.05, 0) is 31.0 Å². The summed E-state index contributed by atoms with van der Waals surface area (Å²) in [5.41, 5.74) is 0.740. The van der Waals surface area contributed by atoms with Crippen LogP contribution in [0.1, 0.15) is 18.9 Å². The summed E-state index contributed by atoms with van der Waals surface area (Å²) in [6, 6.07) is 7.89. The lowest BCUT2D eigenvalue weighted by atomic mass is 10.1. The third kappa shape index (κ3) is 2.94. The summed E-state index contributed by atoms with van der Waals surface area (Å²) in [5, 5.41) is 10.6. The van der Waals surface area contributed by atoms with E-state index in [0.29, 0.717) is 0 Å². The molecule has 1 atom stereocenters.